The maximum absolute atomic E-state index is 8.97. The van der Waals surface area contributed by atoms with E-state index in [0.717, 1.165) is 23.4 Å². The molecule has 0 amide bonds. The van der Waals surface area contributed by atoms with Crippen LogP contribution in [-0.2, 0) is 0 Å². The molecule has 2 heterocycles. The molecule has 0 bridgehead atoms. The second-order valence-corrected chi connectivity index (χ2v) is 7.06. The summed E-state index contributed by atoms with van der Waals surface area (Å²) in [6.07, 6.45) is 4.31. The molecular formula is C18H19Cl2N5OS. The molecule has 27 heavy (non-hydrogen) atoms. The zero-order valence-electron chi connectivity index (χ0n) is 14.6. The topological polar surface area (TPSA) is 78.8 Å². The van der Waals surface area contributed by atoms with Crippen molar-refractivity contribution in [2.75, 3.05) is 18.5 Å². The van der Waals surface area contributed by atoms with E-state index >= 15 is 0 Å². The number of nitrogens with one attached hydrogen (secondary N) is 2. The Hall–Kier alpha value is -1.93. The number of hydrogen-bond donors (Lipinski definition) is 3. The lowest BCUT2D eigenvalue weighted by molar-refractivity contribution is 0.311. The summed E-state index contributed by atoms with van der Waals surface area (Å²) in [5.74, 6) is 0.447. The summed E-state index contributed by atoms with van der Waals surface area (Å²) in [6.45, 7) is 2.47. The fourth-order valence-electron chi connectivity index (χ4n) is 2.93. The zero-order chi connectivity index (χ0) is 19.4. The standard InChI is InChI=1S/C18H19Cl2N5OS/c1-2-15(11-3-4-12(19)13(20)9-11)25-16(10-23-18(25)27)14-5-6-21-17(24-14)22-7-8-26/h3-6,9-10,15,26H,2,7-8H2,1H3,(H,23,27)(H,21,22,24). The molecule has 3 rings (SSSR count). The van der Waals surface area contributed by atoms with E-state index in [1.165, 1.54) is 0 Å². The lowest BCUT2D eigenvalue weighted by atomic mass is 10.0. The van der Waals surface area contributed by atoms with Gasteiger partial charge in [-0.2, -0.15) is 0 Å². The number of anilines is 1. The first-order valence-electron chi connectivity index (χ1n) is 8.48. The Balaban J connectivity index is 2.05. The lowest BCUT2D eigenvalue weighted by Crippen LogP contribution is -2.13. The lowest BCUT2D eigenvalue weighted by Gasteiger charge is -2.20. The molecule has 1 aromatic carbocycles. The van der Waals surface area contributed by atoms with Crippen molar-refractivity contribution in [2.24, 2.45) is 0 Å². The summed E-state index contributed by atoms with van der Waals surface area (Å²) >= 11 is 17.8. The second-order valence-electron chi connectivity index (χ2n) is 5.86. The first-order valence-corrected chi connectivity index (χ1v) is 9.64. The summed E-state index contributed by atoms with van der Waals surface area (Å²) in [7, 11) is 0. The molecule has 0 saturated heterocycles. The number of imidazole rings is 1. The molecule has 1 unspecified atom stereocenters. The predicted octanol–water partition coefficient (Wildman–Crippen LogP) is 4.71. The molecule has 142 valence electrons. The molecule has 0 aliphatic carbocycles. The number of aliphatic hydroxyl groups excluding tert-OH is 1. The number of rotatable bonds is 7. The van der Waals surface area contributed by atoms with Gasteiger partial charge in [0.1, 0.15) is 0 Å². The van der Waals surface area contributed by atoms with Gasteiger partial charge in [0.15, 0.2) is 4.77 Å². The van der Waals surface area contributed by atoms with Crippen LogP contribution in [0.1, 0.15) is 24.9 Å². The molecule has 0 aliphatic heterocycles. The Labute approximate surface area is 172 Å². The third-order valence-corrected chi connectivity index (χ3v) is 5.20. The van der Waals surface area contributed by atoms with Crippen molar-refractivity contribution in [1.29, 1.82) is 0 Å². The molecule has 0 saturated carbocycles. The highest BCUT2D eigenvalue weighted by molar-refractivity contribution is 7.71. The first-order chi connectivity index (χ1) is 13.0. The molecule has 0 spiro atoms. The number of aliphatic hydroxyl groups is 1. The van der Waals surface area contributed by atoms with E-state index in [-0.39, 0.29) is 12.6 Å². The van der Waals surface area contributed by atoms with Crippen LogP contribution in [0.25, 0.3) is 11.4 Å². The second kappa shape index (κ2) is 8.84. The van der Waals surface area contributed by atoms with E-state index in [1.54, 1.807) is 12.3 Å². The van der Waals surface area contributed by atoms with Crippen molar-refractivity contribution in [3.63, 3.8) is 0 Å². The first kappa shape index (κ1) is 19.8. The van der Waals surface area contributed by atoms with Gasteiger partial charge in [-0.3, -0.25) is 0 Å². The van der Waals surface area contributed by atoms with Crippen LogP contribution < -0.4 is 5.32 Å². The Kier molecular flexibility index (Phi) is 6.49. The van der Waals surface area contributed by atoms with E-state index in [2.05, 4.69) is 27.2 Å². The van der Waals surface area contributed by atoms with Crippen molar-refractivity contribution in [2.45, 2.75) is 19.4 Å². The predicted molar refractivity (Wildman–Crippen MR) is 111 cm³/mol. The number of H-pyrrole nitrogens is 1. The average molecular weight is 424 g/mol. The van der Waals surface area contributed by atoms with Gasteiger partial charge in [-0.25, -0.2) is 9.97 Å². The molecule has 1 atom stereocenters. The molecule has 2 aromatic heterocycles. The number of aromatic nitrogens is 4. The molecule has 0 fully saturated rings. The summed E-state index contributed by atoms with van der Waals surface area (Å²) < 4.78 is 2.61. The van der Waals surface area contributed by atoms with Crippen LogP contribution in [-0.4, -0.2) is 37.8 Å². The van der Waals surface area contributed by atoms with Crippen LogP contribution in [0, 0.1) is 4.77 Å². The Morgan fingerprint density at radius 3 is 2.81 bits per heavy atom. The van der Waals surface area contributed by atoms with Gasteiger partial charge in [0.05, 0.1) is 34.1 Å². The fourth-order valence-corrected chi connectivity index (χ4v) is 3.52. The molecule has 3 N–H and O–H groups in total. The quantitative estimate of drug-likeness (QED) is 0.479. The van der Waals surface area contributed by atoms with Gasteiger partial charge in [-0.1, -0.05) is 36.2 Å². The van der Waals surface area contributed by atoms with Gasteiger partial charge in [0.25, 0.3) is 0 Å². The molecule has 0 aliphatic rings. The fraction of sp³-hybridized carbons (Fsp3) is 0.278. The number of hydrogen-bond acceptors (Lipinski definition) is 5. The van der Waals surface area contributed by atoms with E-state index in [4.69, 9.17) is 40.5 Å². The summed E-state index contributed by atoms with van der Waals surface area (Å²) in [4.78, 5) is 11.8. The Morgan fingerprint density at radius 1 is 1.30 bits per heavy atom. The number of aromatic amines is 1. The molecule has 0 radical (unpaired) electrons. The maximum atomic E-state index is 8.97. The molecular weight excluding hydrogens is 405 g/mol. The van der Waals surface area contributed by atoms with Gasteiger partial charge >= 0.3 is 0 Å². The largest absolute Gasteiger partial charge is 0.395 e. The third kappa shape index (κ3) is 4.32. The highest BCUT2D eigenvalue weighted by Gasteiger charge is 2.19. The van der Waals surface area contributed by atoms with Crippen LogP contribution in [0.15, 0.2) is 36.7 Å². The minimum Gasteiger partial charge on any atom is -0.395 e. The van der Waals surface area contributed by atoms with Crippen LogP contribution in [0.2, 0.25) is 10.0 Å². The normalized spacial score (nSPS) is 12.1. The molecule has 9 heteroatoms. The van der Waals surface area contributed by atoms with Crippen LogP contribution in [0.4, 0.5) is 5.95 Å². The Bertz CT molecular complexity index is 988. The van der Waals surface area contributed by atoms with Crippen molar-refractivity contribution < 1.29 is 5.11 Å². The maximum Gasteiger partial charge on any atom is 0.223 e. The minimum absolute atomic E-state index is 0.00326. The number of halogens is 2. The van der Waals surface area contributed by atoms with E-state index in [0.29, 0.717) is 27.3 Å². The monoisotopic (exact) mass is 423 g/mol. The zero-order valence-corrected chi connectivity index (χ0v) is 16.9. The smallest absolute Gasteiger partial charge is 0.223 e. The van der Waals surface area contributed by atoms with Gasteiger partial charge in [-0.05, 0) is 42.4 Å². The SMILES string of the molecule is CCC(c1ccc(Cl)c(Cl)c1)n1c(-c2ccnc(NCCO)n2)c[nH]c1=S. The van der Waals surface area contributed by atoms with Gasteiger partial charge in [0, 0.05) is 18.9 Å². The number of nitrogens with zero attached hydrogens (tertiary/aromatic N) is 3. The Morgan fingerprint density at radius 2 is 2.11 bits per heavy atom. The van der Waals surface area contributed by atoms with E-state index < -0.39 is 0 Å². The average Bonchev–Trinajstić information content (AvgIpc) is 3.05. The summed E-state index contributed by atoms with van der Waals surface area (Å²) in [5, 5.41) is 13.0. The van der Waals surface area contributed by atoms with Crippen LogP contribution in [0.5, 0.6) is 0 Å². The number of benzene rings is 1. The highest BCUT2D eigenvalue weighted by atomic mass is 35.5. The summed E-state index contributed by atoms with van der Waals surface area (Å²) in [5.41, 5.74) is 2.57. The van der Waals surface area contributed by atoms with Crippen molar-refractivity contribution in [1.82, 2.24) is 19.5 Å². The van der Waals surface area contributed by atoms with Gasteiger partial charge in [-0.15, -0.1) is 0 Å². The van der Waals surface area contributed by atoms with Crippen LogP contribution >= 0.6 is 35.4 Å². The third-order valence-electron chi connectivity index (χ3n) is 4.15. The summed E-state index contributed by atoms with van der Waals surface area (Å²) in [6, 6.07) is 7.40. The van der Waals surface area contributed by atoms with Gasteiger partial charge in [0.2, 0.25) is 5.95 Å². The van der Waals surface area contributed by atoms with E-state index in [9.17, 15) is 0 Å². The molecule has 6 nitrogen and oxygen atoms in total. The van der Waals surface area contributed by atoms with E-state index in [1.807, 2.05) is 29.0 Å². The highest BCUT2D eigenvalue weighted by Crippen LogP contribution is 2.32. The molecule has 3 aromatic rings. The van der Waals surface area contributed by atoms with Crippen molar-refractivity contribution in [3.8, 4) is 11.4 Å². The van der Waals surface area contributed by atoms with Crippen LogP contribution in [0.3, 0.4) is 0 Å². The van der Waals surface area contributed by atoms with Gasteiger partial charge < -0.3 is 20.0 Å². The van der Waals surface area contributed by atoms with Crippen molar-refractivity contribution in [3.05, 3.63) is 57.0 Å². The van der Waals surface area contributed by atoms with Crippen molar-refractivity contribution >= 4 is 41.4 Å². The minimum atomic E-state index is -0.0302.